The molecule has 1 aromatic carbocycles. The van der Waals surface area contributed by atoms with Crippen LogP contribution in [0.25, 0.3) is 0 Å². The molecule has 1 rings (SSSR count). The topological polar surface area (TPSA) is 63.7 Å². The van der Waals surface area contributed by atoms with Crippen molar-refractivity contribution in [2.24, 2.45) is 0 Å². The molecule has 0 bridgehead atoms. The van der Waals surface area contributed by atoms with Gasteiger partial charge in [-0.3, -0.25) is 4.79 Å². The second-order valence-electron chi connectivity index (χ2n) is 4.22. The predicted molar refractivity (Wildman–Crippen MR) is 74.1 cm³/mol. The van der Waals surface area contributed by atoms with Gasteiger partial charge < -0.3 is 9.64 Å². The van der Waals surface area contributed by atoms with Gasteiger partial charge in [0.1, 0.15) is 0 Å². The minimum Gasteiger partial charge on any atom is -0.466 e. The maximum Gasteiger partial charge on any atom is 0.307 e. The number of benzene rings is 1. The fourth-order valence-corrected chi connectivity index (χ4v) is 2.63. The van der Waals surface area contributed by atoms with E-state index in [1.54, 1.807) is 43.1 Å². The molecular weight excluding hydrogens is 266 g/mol. The van der Waals surface area contributed by atoms with E-state index in [1.165, 1.54) is 6.26 Å². The maximum atomic E-state index is 11.7. The molecule has 0 N–H and O–H groups in total. The number of nitrogens with zero attached hydrogens (tertiary/aromatic N) is 1. The Balaban J connectivity index is 2.83. The number of ether oxygens (including phenoxy) is 1. The molecule has 0 fully saturated rings. The van der Waals surface area contributed by atoms with Gasteiger partial charge in [-0.15, -0.1) is 0 Å². The number of carbonyl (C=O) groups excluding carboxylic acids is 1. The lowest BCUT2D eigenvalue weighted by molar-refractivity contribution is -0.142. The first-order valence-electron chi connectivity index (χ1n) is 6.02. The average Bonchev–Trinajstić information content (AvgIpc) is 2.35. The van der Waals surface area contributed by atoms with E-state index in [1.807, 2.05) is 0 Å². The number of esters is 1. The predicted octanol–water partition coefficient (Wildman–Crippen LogP) is 1.48. The van der Waals surface area contributed by atoms with E-state index in [0.717, 1.165) is 0 Å². The molecule has 0 saturated carbocycles. The van der Waals surface area contributed by atoms with Crippen molar-refractivity contribution in [3.8, 4) is 0 Å². The molecule has 6 heteroatoms. The van der Waals surface area contributed by atoms with Gasteiger partial charge in [0, 0.05) is 19.8 Å². The summed E-state index contributed by atoms with van der Waals surface area (Å²) >= 11 is 0. The molecule has 0 spiro atoms. The molecule has 106 valence electrons. The third kappa shape index (κ3) is 4.55. The fourth-order valence-electron chi connectivity index (χ4n) is 1.70. The molecule has 0 amide bonds. The first-order chi connectivity index (χ1) is 8.86. The smallest absolute Gasteiger partial charge is 0.307 e. The summed E-state index contributed by atoms with van der Waals surface area (Å²) in [6, 6.07) is 6.73. The second kappa shape index (κ2) is 6.56. The van der Waals surface area contributed by atoms with Crippen molar-refractivity contribution in [2.75, 3.05) is 31.4 Å². The molecule has 0 aliphatic heterocycles. The van der Waals surface area contributed by atoms with E-state index in [9.17, 15) is 13.2 Å². The van der Waals surface area contributed by atoms with E-state index >= 15 is 0 Å². The van der Waals surface area contributed by atoms with Crippen LogP contribution in [0.3, 0.4) is 0 Å². The molecule has 0 unspecified atom stereocenters. The summed E-state index contributed by atoms with van der Waals surface area (Å²) in [7, 11) is -1.53. The molecule has 1 aromatic rings. The Morgan fingerprint density at radius 2 is 1.95 bits per heavy atom. The van der Waals surface area contributed by atoms with Crippen molar-refractivity contribution in [3.05, 3.63) is 24.3 Å². The lowest BCUT2D eigenvalue weighted by Crippen LogP contribution is -2.23. The van der Waals surface area contributed by atoms with Crippen LogP contribution in [0.1, 0.15) is 13.3 Å². The summed E-state index contributed by atoms with van der Waals surface area (Å²) in [6.07, 6.45) is 1.40. The van der Waals surface area contributed by atoms with Crippen LogP contribution in [0.5, 0.6) is 0 Å². The zero-order chi connectivity index (χ0) is 14.5. The Morgan fingerprint density at radius 3 is 2.53 bits per heavy atom. The van der Waals surface area contributed by atoms with Gasteiger partial charge in [-0.2, -0.15) is 0 Å². The molecule has 0 aliphatic carbocycles. The SMILES string of the molecule is CCOC(=O)CCN(C)c1ccccc1S(C)(=O)=O. The molecule has 0 atom stereocenters. The van der Waals surface area contributed by atoms with Crippen LogP contribution in [0.15, 0.2) is 29.2 Å². The first-order valence-corrected chi connectivity index (χ1v) is 7.91. The summed E-state index contributed by atoms with van der Waals surface area (Å²) in [5.41, 5.74) is 0.592. The molecule has 0 saturated heterocycles. The number of hydrogen-bond acceptors (Lipinski definition) is 5. The van der Waals surface area contributed by atoms with Gasteiger partial charge in [-0.1, -0.05) is 12.1 Å². The standard InChI is InChI=1S/C13H19NO4S/c1-4-18-13(15)9-10-14(2)11-7-5-6-8-12(11)19(3,16)17/h5-8H,4,9-10H2,1-3H3. The van der Waals surface area contributed by atoms with E-state index < -0.39 is 9.84 Å². The second-order valence-corrected chi connectivity index (χ2v) is 6.20. The van der Waals surface area contributed by atoms with Gasteiger partial charge in [0.2, 0.25) is 0 Å². The molecule has 0 heterocycles. The molecule has 0 aromatic heterocycles. The lowest BCUT2D eigenvalue weighted by Gasteiger charge is -2.21. The highest BCUT2D eigenvalue weighted by atomic mass is 32.2. The van der Waals surface area contributed by atoms with Crippen LogP contribution in [0.2, 0.25) is 0 Å². The Labute approximate surface area is 114 Å². The van der Waals surface area contributed by atoms with Gasteiger partial charge in [0.15, 0.2) is 9.84 Å². The zero-order valence-corrected chi connectivity index (χ0v) is 12.2. The molecule has 19 heavy (non-hydrogen) atoms. The number of anilines is 1. The van der Waals surface area contributed by atoms with Crippen molar-refractivity contribution in [1.82, 2.24) is 0 Å². The Kier molecular flexibility index (Phi) is 5.35. The Morgan fingerprint density at radius 1 is 1.32 bits per heavy atom. The monoisotopic (exact) mass is 285 g/mol. The quantitative estimate of drug-likeness (QED) is 0.741. The highest BCUT2D eigenvalue weighted by Gasteiger charge is 2.16. The minimum absolute atomic E-state index is 0.225. The highest BCUT2D eigenvalue weighted by molar-refractivity contribution is 7.90. The van der Waals surface area contributed by atoms with Gasteiger partial charge in [-0.05, 0) is 19.1 Å². The lowest BCUT2D eigenvalue weighted by atomic mass is 10.3. The van der Waals surface area contributed by atoms with Crippen LogP contribution < -0.4 is 4.90 Å². The van der Waals surface area contributed by atoms with Crippen molar-refractivity contribution in [1.29, 1.82) is 0 Å². The van der Waals surface area contributed by atoms with Crippen LogP contribution in [0.4, 0.5) is 5.69 Å². The summed E-state index contributed by atoms with van der Waals surface area (Å²) < 4.78 is 28.2. The average molecular weight is 285 g/mol. The molecule has 0 aliphatic rings. The fraction of sp³-hybridized carbons (Fsp3) is 0.462. The van der Waals surface area contributed by atoms with Crippen molar-refractivity contribution in [3.63, 3.8) is 0 Å². The van der Waals surface area contributed by atoms with Crippen molar-refractivity contribution < 1.29 is 17.9 Å². The van der Waals surface area contributed by atoms with Crippen molar-refractivity contribution >= 4 is 21.5 Å². The molecular formula is C13H19NO4S. The number of sulfone groups is 1. The van der Waals surface area contributed by atoms with E-state index in [-0.39, 0.29) is 17.3 Å². The van der Waals surface area contributed by atoms with Crippen LogP contribution >= 0.6 is 0 Å². The third-order valence-corrected chi connectivity index (χ3v) is 3.78. The minimum atomic E-state index is -3.29. The van der Waals surface area contributed by atoms with E-state index in [0.29, 0.717) is 18.8 Å². The maximum absolute atomic E-state index is 11.7. The van der Waals surface area contributed by atoms with E-state index in [4.69, 9.17) is 4.74 Å². The van der Waals surface area contributed by atoms with Gasteiger partial charge >= 0.3 is 5.97 Å². The summed E-state index contributed by atoms with van der Waals surface area (Å²) in [6.45, 7) is 2.51. The molecule has 0 radical (unpaired) electrons. The zero-order valence-electron chi connectivity index (χ0n) is 11.4. The summed E-state index contributed by atoms with van der Waals surface area (Å²) in [4.78, 5) is 13.3. The molecule has 5 nitrogen and oxygen atoms in total. The third-order valence-electron chi connectivity index (χ3n) is 2.63. The van der Waals surface area contributed by atoms with Crippen molar-refractivity contribution in [2.45, 2.75) is 18.2 Å². The van der Waals surface area contributed by atoms with Gasteiger partial charge in [0.05, 0.1) is 23.6 Å². The number of rotatable bonds is 6. The van der Waals surface area contributed by atoms with Gasteiger partial charge in [-0.25, -0.2) is 8.42 Å². The first kappa shape index (κ1) is 15.5. The summed E-state index contributed by atoms with van der Waals surface area (Å²) in [5.74, 6) is -0.286. The van der Waals surface area contributed by atoms with Crippen LogP contribution in [-0.4, -0.2) is 40.8 Å². The van der Waals surface area contributed by atoms with Crippen LogP contribution in [0, 0.1) is 0 Å². The number of para-hydroxylation sites is 1. The normalized spacial score (nSPS) is 11.1. The van der Waals surface area contributed by atoms with Crippen LogP contribution in [-0.2, 0) is 19.4 Å². The Bertz CT molecular complexity index is 539. The number of hydrogen-bond donors (Lipinski definition) is 0. The number of carbonyl (C=O) groups is 1. The summed E-state index contributed by atoms with van der Waals surface area (Å²) in [5, 5.41) is 0. The largest absolute Gasteiger partial charge is 0.466 e. The van der Waals surface area contributed by atoms with E-state index in [2.05, 4.69) is 0 Å². The Hall–Kier alpha value is -1.56. The van der Waals surface area contributed by atoms with Gasteiger partial charge in [0.25, 0.3) is 0 Å². The highest BCUT2D eigenvalue weighted by Crippen LogP contribution is 2.23.